The second-order valence-electron chi connectivity index (χ2n) is 6.77. The average Bonchev–Trinajstić information content (AvgIpc) is 3.34. The number of hydrogen-bond acceptors (Lipinski definition) is 4. The van der Waals surface area contributed by atoms with Crippen LogP contribution >= 0.6 is 0 Å². The third kappa shape index (κ3) is 2.91. The minimum absolute atomic E-state index is 0.311. The number of alkyl halides is 3. The van der Waals surface area contributed by atoms with Crippen LogP contribution in [0.1, 0.15) is 28.7 Å². The van der Waals surface area contributed by atoms with Crippen molar-refractivity contribution in [3.05, 3.63) is 77.5 Å². The molecule has 0 amide bonds. The van der Waals surface area contributed by atoms with Gasteiger partial charge in [0.25, 0.3) is 0 Å². The molecule has 0 saturated heterocycles. The van der Waals surface area contributed by atoms with Gasteiger partial charge >= 0.3 is 6.18 Å². The van der Waals surface area contributed by atoms with Gasteiger partial charge in [0.15, 0.2) is 0 Å². The van der Waals surface area contributed by atoms with Gasteiger partial charge in [0, 0.05) is 31.1 Å². The van der Waals surface area contributed by atoms with E-state index in [1.807, 2.05) is 4.90 Å². The van der Waals surface area contributed by atoms with Crippen LogP contribution in [-0.2, 0) is 12.6 Å². The molecule has 4 aromatic rings. The van der Waals surface area contributed by atoms with Crippen molar-refractivity contribution in [3.63, 3.8) is 0 Å². The summed E-state index contributed by atoms with van der Waals surface area (Å²) in [6.07, 6.45) is 0.183. The van der Waals surface area contributed by atoms with Crippen LogP contribution in [0.3, 0.4) is 0 Å². The molecule has 5 rings (SSSR count). The summed E-state index contributed by atoms with van der Waals surface area (Å²) in [6.45, 7) is 0.495. The van der Waals surface area contributed by atoms with Gasteiger partial charge in [-0.1, -0.05) is 0 Å². The van der Waals surface area contributed by atoms with Crippen molar-refractivity contribution in [1.29, 1.82) is 0 Å². The minimum Gasteiger partial charge on any atom is -0.348 e. The van der Waals surface area contributed by atoms with Crippen molar-refractivity contribution < 1.29 is 17.6 Å². The quantitative estimate of drug-likeness (QED) is 0.519. The van der Waals surface area contributed by atoms with Crippen LogP contribution in [0.25, 0.3) is 5.52 Å². The van der Waals surface area contributed by atoms with Crippen LogP contribution in [0.2, 0.25) is 0 Å². The Hall–Kier alpha value is -3.43. The van der Waals surface area contributed by atoms with Crippen LogP contribution < -0.4 is 4.90 Å². The van der Waals surface area contributed by atoms with Crippen LogP contribution in [0.4, 0.5) is 23.4 Å². The predicted octanol–water partition coefficient (Wildman–Crippen LogP) is 3.76. The summed E-state index contributed by atoms with van der Waals surface area (Å²) in [6, 6.07) is 6.35. The second-order valence-corrected chi connectivity index (χ2v) is 6.77. The summed E-state index contributed by atoms with van der Waals surface area (Å²) in [4.78, 5) is 13.3. The van der Waals surface area contributed by atoms with Gasteiger partial charge in [-0.15, -0.1) is 0 Å². The van der Waals surface area contributed by atoms with E-state index in [0.717, 1.165) is 18.0 Å². The van der Waals surface area contributed by atoms with Crippen molar-refractivity contribution in [3.8, 4) is 0 Å². The number of imidazole rings is 1. The van der Waals surface area contributed by atoms with Gasteiger partial charge in [0.2, 0.25) is 0 Å². The number of hydrogen-bond donors (Lipinski definition) is 1. The highest BCUT2D eigenvalue weighted by molar-refractivity contribution is 5.54. The first kappa shape index (κ1) is 17.7. The van der Waals surface area contributed by atoms with E-state index >= 15 is 0 Å². The maximum atomic E-state index is 14.2. The van der Waals surface area contributed by atoms with Crippen LogP contribution in [0.5, 0.6) is 0 Å². The Bertz CT molecular complexity index is 1180. The molecule has 0 saturated carbocycles. The lowest BCUT2D eigenvalue weighted by molar-refractivity contribution is -0.137. The highest BCUT2D eigenvalue weighted by Crippen LogP contribution is 2.37. The lowest BCUT2D eigenvalue weighted by Gasteiger charge is -2.34. The van der Waals surface area contributed by atoms with Crippen molar-refractivity contribution in [2.24, 2.45) is 0 Å². The van der Waals surface area contributed by atoms with Crippen molar-refractivity contribution in [2.75, 3.05) is 11.4 Å². The molecule has 0 aromatic carbocycles. The molecule has 1 aliphatic rings. The van der Waals surface area contributed by atoms with E-state index in [9.17, 15) is 17.6 Å². The van der Waals surface area contributed by atoms with Gasteiger partial charge in [-0.2, -0.15) is 18.3 Å². The number of fused-ring (bicyclic) bond motifs is 2. The summed E-state index contributed by atoms with van der Waals surface area (Å²) in [5.74, 6) is -0.0438. The van der Waals surface area contributed by atoms with Crippen LogP contribution in [0, 0.1) is 5.82 Å². The van der Waals surface area contributed by atoms with Gasteiger partial charge < -0.3 is 9.88 Å². The standard InChI is InChI=1S/C19H14F4N6/c20-12-2-1-6-29-15(12)8-14(27-29)18-17-13(25-10-26-17)5-7-28(18)16-4-3-11(9-24-16)19(21,22)23/h1-4,6,8-10,18H,5,7H2,(H,25,26)/t18-/m0/s1. The molecule has 0 fully saturated rings. The Labute approximate surface area is 161 Å². The number of H-pyrrole nitrogens is 1. The summed E-state index contributed by atoms with van der Waals surface area (Å²) < 4.78 is 54.3. The zero-order valence-electron chi connectivity index (χ0n) is 14.9. The fourth-order valence-electron chi connectivity index (χ4n) is 3.68. The molecule has 148 valence electrons. The number of aromatic amines is 1. The van der Waals surface area contributed by atoms with Gasteiger partial charge in [-0.25, -0.2) is 18.9 Å². The van der Waals surface area contributed by atoms with E-state index < -0.39 is 23.6 Å². The van der Waals surface area contributed by atoms with E-state index in [1.165, 1.54) is 16.6 Å². The molecule has 5 heterocycles. The molecule has 6 nitrogen and oxygen atoms in total. The van der Waals surface area contributed by atoms with E-state index in [0.29, 0.717) is 35.7 Å². The molecule has 1 atom stereocenters. The highest BCUT2D eigenvalue weighted by Gasteiger charge is 2.35. The van der Waals surface area contributed by atoms with E-state index in [2.05, 4.69) is 20.1 Å². The molecule has 29 heavy (non-hydrogen) atoms. The maximum Gasteiger partial charge on any atom is 0.417 e. The summed E-state index contributed by atoms with van der Waals surface area (Å²) >= 11 is 0. The number of nitrogens with one attached hydrogen (secondary N) is 1. The Balaban J connectivity index is 1.61. The fourth-order valence-corrected chi connectivity index (χ4v) is 3.68. The Morgan fingerprint density at radius 2 is 2.00 bits per heavy atom. The van der Waals surface area contributed by atoms with Gasteiger partial charge in [-0.05, 0) is 30.3 Å². The van der Waals surface area contributed by atoms with Gasteiger partial charge in [0.05, 0.1) is 23.3 Å². The van der Waals surface area contributed by atoms with E-state index in [-0.39, 0.29) is 0 Å². The zero-order valence-corrected chi connectivity index (χ0v) is 14.9. The predicted molar refractivity (Wildman–Crippen MR) is 95.9 cm³/mol. The Morgan fingerprint density at radius 3 is 2.72 bits per heavy atom. The monoisotopic (exact) mass is 402 g/mol. The first-order chi connectivity index (χ1) is 13.9. The van der Waals surface area contributed by atoms with Crippen molar-refractivity contribution >= 4 is 11.3 Å². The maximum absolute atomic E-state index is 14.2. The number of pyridine rings is 2. The van der Waals surface area contributed by atoms with Gasteiger partial charge in [-0.3, -0.25) is 0 Å². The SMILES string of the molecule is Fc1cccn2nc([C@H]3c4nc[nH]c4CCN3c3ccc(C(F)(F)F)cn3)cc12. The summed E-state index contributed by atoms with van der Waals surface area (Å²) in [7, 11) is 0. The van der Waals surface area contributed by atoms with Crippen LogP contribution in [0.15, 0.2) is 49.1 Å². The molecule has 0 spiro atoms. The Morgan fingerprint density at radius 1 is 1.14 bits per heavy atom. The van der Waals surface area contributed by atoms with Gasteiger partial charge in [0.1, 0.15) is 23.2 Å². The van der Waals surface area contributed by atoms with Crippen molar-refractivity contribution in [1.82, 2.24) is 24.6 Å². The number of halogens is 4. The number of nitrogens with zero attached hydrogens (tertiary/aromatic N) is 5. The first-order valence-electron chi connectivity index (χ1n) is 8.87. The molecular weight excluding hydrogens is 388 g/mol. The smallest absolute Gasteiger partial charge is 0.348 e. The fraction of sp³-hybridized carbons (Fsp3) is 0.211. The lowest BCUT2D eigenvalue weighted by atomic mass is 9.99. The molecule has 1 N–H and O–H groups in total. The average molecular weight is 402 g/mol. The normalized spacial score (nSPS) is 17.0. The molecule has 1 aliphatic heterocycles. The largest absolute Gasteiger partial charge is 0.417 e. The number of anilines is 1. The lowest BCUT2D eigenvalue weighted by Crippen LogP contribution is -2.37. The number of rotatable bonds is 2. The molecular formula is C19H14F4N6. The second kappa shape index (κ2) is 6.29. The molecule has 0 bridgehead atoms. The molecule has 0 radical (unpaired) electrons. The molecule has 0 aliphatic carbocycles. The molecule has 0 unspecified atom stereocenters. The van der Waals surface area contributed by atoms with Crippen molar-refractivity contribution in [2.45, 2.75) is 18.6 Å². The Kier molecular flexibility index (Phi) is 3.83. The third-order valence-electron chi connectivity index (χ3n) is 5.04. The zero-order chi connectivity index (χ0) is 20.2. The third-order valence-corrected chi connectivity index (χ3v) is 5.04. The highest BCUT2D eigenvalue weighted by atomic mass is 19.4. The van der Waals surface area contributed by atoms with E-state index in [4.69, 9.17) is 0 Å². The topological polar surface area (TPSA) is 62.1 Å². The van der Waals surface area contributed by atoms with Crippen LogP contribution in [-0.4, -0.2) is 31.1 Å². The molecule has 10 heteroatoms. The summed E-state index contributed by atoms with van der Waals surface area (Å²) in [5, 5.41) is 4.48. The number of aromatic nitrogens is 5. The van der Waals surface area contributed by atoms with E-state index in [1.54, 1.807) is 24.7 Å². The first-order valence-corrected chi connectivity index (χ1v) is 8.87. The summed E-state index contributed by atoms with van der Waals surface area (Å²) in [5.41, 5.74) is 1.64. The minimum atomic E-state index is -4.46. The molecule has 4 aromatic heterocycles.